The number of thiazole rings is 1. The van der Waals surface area contributed by atoms with E-state index in [1.54, 1.807) is 11.8 Å². The number of ether oxygens (including phenoxy) is 1. The van der Waals surface area contributed by atoms with Crippen molar-refractivity contribution in [2.75, 3.05) is 12.4 Å². The van der Waals surface area contributed by atoms with Gasteiger partial charge in [0.25, 0.3) is 0 Å². The van der Waals surface area contributed by atoms with Crippen molar-refractivity contribution >= 4 is 33.3 Å². The Bertz CT molecular complexity index is 1240. The number of carbonyl (C=O) groups excluding carboxylic acids is 1. The van der Waals surface area contributed by atoms with Crippen molar-refractivity contribution in [1.82, 2.24) is 14.8 Å². The highest BCUT2D eigenvalue weighted by Gasteiger charge is 2.33. The molecule has 0 saturated heterocycles. The Morgan fingerprint density at radius 1 is 1.17 bits per heavy atom. The first-order chi connectivity index (χ1) is 14.0. The summed E-state index contributed by atoms with van der Waals surface area (Å²) in [5.74, 6) is 1.49. The van der Waals surface area contributed by atoms with Crippen LogP contribution in [0.25, 0.3) is 15.3 Å². The van der Waals surface area contributed by atoms with E-state index in [0.29, 0.717) is 6.42 Å². The lowest BCUT2D eigenvalue weighted by Gasteiger charge is -2.24. The van der Waals surface area contributed by atoms with Gasteiger partial charge in [-0.1, -0.05) is 41.2 Å². The molecule has 0 aliphatic carbocycles. The maximum Gasteiger partial charge on any atom is 0.226 e. The summed E-state index contributed by atoms with van der Waals surface area (Å²) >= 11 is 1.52. The Morgan fingerprint density at radius 2 is 1.97 bits per heavy atom. The Kier molecular flexibility index (Phi) is 4.13. The molecule has 3 heterocycles. The fraction of sp³-hybridized carbons (Fsp3) is 0.227. The minimum atomic E-state index is -0.0115. The molecule has 4 aromatic rings. The summed E-state index contributed by atoms with van der Waals surface area (Å²) in [6.07, 6.45) is 0.416. The van der Waals surface area contributed by atoms with E-state index >= 15 is 0 Å². The zero-order valence-electron chi connectivity index (χ0n) is 16.4. The van der Waals surface area contributed by atoms with Crippen LogP contribution in [0.5, 0.6) is 5.75 Å². The molecule has 7 heteroatoms. The minimum absolute atomic E-state index is 0.00740. The van der Waals surface area contributed by atoms with Gasteiger partial charge in [0.2, 0.25) is 11.0 Å². The fourth-order valence-electron chi connectivity index (χ4n) is 3.88. The number of methoxy groups -OCH3 is 1. The predicted molar refractivity (Wildman–Crippen MR) is 114 cm³/mol. The second-order valence-electron chi connectivity index (χ2n) is 7.31. The number of rotatable bonds is 3. The van der Waals surface area contributed by atoms with Crippen LogP contribution in [0.4, 0.5) is 5.82 Å². The van der Waals surface area contributed by atoms with E-state index in [0.717, 1.165) is 43.7 Å². The number of aromatic nitrogens is 3. The van der Waals surface area contributed by atoms with Crippen molar-refractivity contribution in [1.29, 1.82) is 0 Å². The zero-order chi connectivity index (χ0) is 20.1. The summed E-state index contributed by atoms with van der Waals surface area (Å²) < 4.78 is 8.09. The van der Waals surface area contributed by atoms with Gasteiger partial charge in [0.15, 0.2) is 0 Å². The molecule has 6 nitrogen and oxygen atoms in total. The second kappa shape index (κ2) is 6.70. The molecule has 0 saturated carbocycles. The van der Waals surface area contributed by atoms with E-state index in [2.05, 4.69) is 36.5 Å². The van der Waals surface area contributed by atoms with Crippen molar-refractivity contribution < 1.29 is 9.53 Å². The smallest absolute Gasteiger partial charge is 0.226 e. The van der Waals surface area contributed by atoms with Gasteiger partial charge in [-0.3, -0.25) is 4.79 Å². The molecule has 0 spiro atoms. The number of nitrogens with one attached hydrogen (secondary N) is 1. The first kappa shape index (κ1) is 17.9. The van der Waals surface area contributed by atoms with Crippen molar-refractivity contribution in [2.45, 2.75) is 26.2 Å². The normalized spacial score (nSPS) is 16.0. The van der Waals surface area contributed by atoms with Gasteiger partial charge in [0, 0.05) is 17.9 Å². The molecule has 1 aliphatic heterocycles. The van der Waals surface area contributed by atoms with Crippen LogP contribution in [0.1, 0.15) is 34.7 Å². The van der Waals surface area contributed by atoms with Crippen LogP contribution in [-0.2, 0) is 4.79 Å². The van der Waals surface area contributed by atoms with Crippen LogP contribution in [0, 0.1) is 13.8 Å². The number of fused-ring (bicyclic) bond motifs is 2. The zero-order valence-corrected chi connectivity index (χ0v) is 17.2. The van der Waals surface area contributed by atoms with E-state index in [1.165, 1.54) is 16.9 Å². The van der Waals surface area contributed by atoms with Gasteiger partial charge < -0.3 is 10.1 Å². The lowest BCUT2D eigenvalue weighted by atomic mass is 9.85. The van der Waals surface area contributed by atoms with E-state index < -0.39 is 0 Å². The topological polar surface area (TPSA) is 69.0 Å². The van der Waals surface area contributed by atoms with Crippen LogP contribution in [0.15, 0.2) is 42.5 Å². The van der Waals surface area contributed by atoms with Gasteiger partial charge in [-0.2, -0.15) is 9.78 Å². The molecule has 0 unspecified atom stereocenters. The molecule has 1 atom stereocenters. The number of hydrogen-bond acceptors (Lipinski definition) is 5. The Morgan fingerprint density at radius 3 is 2.72 bits per heavy atom. The van der Waals surface area contributed by atoms with Gasteiger partial charge in [-0.15, -0.1) is 0 Å². The molecule has 1 aliphatic rings. The molecule has 2 aromatic heterocycles. The van der Waals surface area contributed by atoms with Crippen LogP contribution >= 0.6 is 11.3 Å². The minimum Gasteiger partial charge on any atom is -0.497 e. The van der Waals surface area contributed by atoms with Crippen LogP contribution < -0.4 is 10.1 Å². The fourth-order valence-corrected chi connectivity index (χ4v) is 4.83. The van der Waals surface area contributed by atoms with Gasteiger partial charge in [-0.05, 0) is 37.6 Å². The van der Waals surface area contributed by atoms with E-state index in [9.17, 15) is 4.79 Å². The average molecular weight is 404 g/mol. The van der Waals surface area contributed by atoms with E-state index in [4.69, 9.17) is 14.8 Å². The molecule has 146 valence electrons. The van der Waals surface area contributed by atoms with E-state index in [1.807, 2.05) is 25.1 Å². The first-order valence-corrected chi connectivity index (χ1v) is 10.3. The standard InChI is InChI=1S/C22H20N4O2S/c1-12-4-6-14(7-5-12)16-11-19(27)24-21-20(16)13(2)25-26(21)22-23-17-9-8-15(28-3)10-18(17)29-22/h4-10,16H,11H2,1-3H3,(H,24,27)/t16-/m0/s1. The van der Waals surface area contributed by atoms with Crippen LogP contribution in [0.3, 0.4) is 0 Å². The van der Waals surface area contributed by atoms with Crippen molar-refractivity contribution in [3.05, 3.63) is 64.8 Å². The highest BCUT2D eigenvalue weighted by atomic mass is 32.1. The number of carbonyl (C=O) groups is 1. The van der Waals surface area contributed by atoms with Gasteiger partial charge in [0.1, 0.15) is 11.6 Å². The monoisotopic (exact) mass is 404 g/mol. The number of aryl methyl sites for hydroxylation is 2. The number of hydrogen-bond donors (Lipinski definition) is 1. The van der Waals surface area contributed by atoms with Crippen LogP contribution in [-0.4, -0.2) is 27.8 Å². The number of anilines is 1. The average Bonchev–Trinajstić information content (AvgIpc) is 3.28. The summed E-state index contributed by atoms with van der Waals surface area (Å²) in [7, 11) is 1.65. The Labute approximate surface area is 172 Å². The van der Waals surface area contributed by atoms with Crippen molar-refractivity contribution in [3.63, 3.8) is 0 Å². The lowest BCUT2D eigenvalue weighted by molar-refractivity contribution is -0.116. The van der Waals surface area contributed by atoms with Gasteiger partial charge in [-0.25, -0.2) is 4.98 Å². The van der Waals surface area contributed by atoms with Crippen molar-refractivity contribution in [3.8, 4) is 10.9 Å². The SMILES string of the molecule is COc1ccc2nc(-n3nc(C)c4c3NC(=O)C[C@H]4c3ccc(C)cc3)sc2c1. The molecule has 2 aromatic carbocycles. The molecule has 1 N–H and O–H groups in total. The molecule has 1 amide bonds. The molecule has 0 radical (unpaired) electrons. The second-order valence-corrected chi connectivity index (χ2v) is 8.31. The quantitative estimate of drug-likeness (QED) is 0.543. The Balaban J connectivity index is 1.64. The van der Waals surface area contributed by atoms with Crippen LogP contribution in [0.2, 0.25) is 0 Å². The number of amides is 1. The van der Waals surface area contributed by atoms with Gasteiger partial charge >= 0.3 is 0 Å². The highest BCUT2D eigenvalue weighted by molar-refractivity contribution is 7.20. The number of nitrogens with zero attached hydrogens (tertiary/aromatic N) is 3. The third-order valence-electron chi connectivity index (χ3n) is 5.35. The summed E-state index contributed by atoms with van der Waals surface area (Å²) in [6, 6.07) is 14.2. The summed E-state index contributed by atoms with van der Waals surface area (Å²) in [5, 5.41) is 8.50. The van der Waals surface area contributed by atoms with E-state index in [-0.39, 0.29) is 11.8 Å². The molecule has 0 bridgehead atoms. The highest BCUT2D eigenvalue weighted by Crippen LogP contribution is 2.41. The lowest BCUT2D eigenvalue weighted by Crippen LogP contribution is -2.24. The maximum atomic E-state index is 12.5. The molecular weight excluding hydrogens is 384 g/mol. The third-order valence-corrected chi connectivity index (χ3v) is 6.34. The van der Waals surface area contributed by atoms with Gasteiger partial charge in [0.05, 0.1) is 23.0 Å². The molecule has 29 heavy (non-hydrogen) atoms. The Hall–Kier alpha value is -3.19. The predicted octanol–water partition coefficient (Wildman–Crippen LogP) is 4.58. The molecule has 0 fully saturated rings. The third kappa shape index (κ3) is 2.98. The summed E-state index contributed by atoms with van der Waals surface area (Å²) in [6.45, 7) is 4.05. The summed E-state index contributed by atoms with van der Waals surface area (Å²) in [4.78, 5) is 17.3. The molecular formula is C22H20N4O2S. The largest absolute Gasteiger partial charge is 0.497 e. The number of benzene rings is 2. The first-order valence-electron chi connectivity index (χ1n) is 9.44. The maximum absolute atomic E-state index is 12.5. The van der Waals surface area contributed by atoms with Crippen molar-refractivity contribution in [2.24, 2.45) is 0 Å². The summed E-state index contributed by atoms with van der Waals surface area (Å²) in [5.41, 5.74) is 5.17. The molecule has 5 rings (SSSR count).